The van der Waals surface area contributed by atoms with Crippen molar-refractivity contribution in [3.05, 3.63) is 42.7 Å². The molecule has 21 heavy (non-hydrogen) atoms. The summed E-state index contributed by atoms with van der Waals surface area (Å²) < 4.78 is 6.02. The van der Waals surface area contributed by atoms with Crippen LogP contribution >= 0.6 is 0 Å². The van der Waals surface area contributed by atoms with Crippen LogP contribution in [0.25, 0.3) is 11.4 Å². The fourth-order valence-electron chi connectivity index (χ4n) is 2.27. The Hall–Kier alpha value is -1.90. The van der Waals surface area contributed by atoms with E-state index in [4.69, 9.17) is 4.74 Å². The summed E-state index contributed by atoms with van der Waals surface area (Å²) in [6, 6.07) is 10.6. The molecule has 111 valence electrons. The van der Waals surface area contributed by atoms with Gasteiger partial charge in [0.25, 0.3) is 0 Å². The highest BCUT2D eigenvalue weighted by atomic mass is 16.5. The van der Waals surface area contributed by atoms with Crippen LogP contribution < -0.4 is 4.74 Å². The van der Waals surface area contributed by atoms with Gasteiger partial charge in [0.1, 0.15) is 0 Å². The topological polar surface area (TPSA) is 35.0 Å². The first-order chi connectivity index (χ1) is 10.3. The zero-order valence-corrected chi connectivity index (χ0v) is 12.9. The predicted molar refractivity (Wildman–Crippen MR) is 85.2 cm³/mol. The van der Waals surface area contributed by atoms with Crippen LogP contribution in [-0.4, -0.2) is 16.1 Å². The summed E-state index contributed by atoms with van der Waals surface area (Å²) in [5.74, 6) is 1.48. The maximum atomic E-state index is 6.02. The van der Waals surface area contributed by atoms with Crippen LogP contribution in [0.3, 0.4) is 0 Å². The molecule has 0 amide bonds. The van der Waals surface area contributed by atoms with Gasteiger partial charge >= 0.3 is 0 Å². The van der Waals surface area contributed by atoms with E-state index < -0.39 is 0 Å². The Bertz CT molecular complexity index is 511. The fourth-order valence-corrected chi connectivity index (χ4v) is 2.27. The van der Waals surface area contributed by atoms with Gasteiger partial charge in [0.15, 0.2) is 11.6 Å². The maximum absolute atomic E-state index is 6.02. The largest absolute Gasteiger partial charge is 0.487 e. The Kier molecular flexibility index (Phi) is 6.20. The fraction of sp³-hybridized carbons (Fsp3) is 0.444. The van der Waals surface area contributed by atoms with Crippen molar-refractivity contribution >= 4 is 0 Å². The van der Waals surface area contributed by atoms with E-state index in [0.29, 0.717) is 0 Å². The van der Waals surface area contributed by atoms with E-state index >= 15 is 0 Å². The molecule has 2 aromatic rings. The molecule has 0 spiro atoms. The monoisotopic (exact) mass is 283 g/mol. The molecular formula is C18H23N2O. The lowest BCUT2D eigenvalue weighted by Crippen LogP contribution is -2.16. The first kappa shape index (κ1) is 15.5. The Morgan fingerprint density at radius 1 is 1.05 bits per heavy atom. The normalized spacial score (nSPS) is 12.1. The molecular weight excluding hydrogens is 260 g/mol. The molecule has 3 nitrogen and oxygen atoms in total. The zero-order chi connectivity index (χ0) is 14.9. The number of hydrogen-bond acceptors (Lipinski definition) is 3. The summed E-state index contributed by atoms with van der Waals surface area (Å²) in [4.78, 5) is 8.78. The van der Waals surface area contributed by atoms with Crippen molar-refractivity contribution in [2.45, 2.75) is 52.1 Å². The molecule has 0 aliphatic rings. The average molecular weight is 283 g/mol. The molecule has 1 unspecified atom stereocenters. The molecule has 1 radical (unpaired) electrons. The Morgan fingerprint density at radius 2 is 1.76 bits per heavy atom. The predicted octanol–water partition coefficient (Wildman–Crippen LogP) is 4.68. The molecule has 0 aliphatic heterocycles. The van der Waals surface area contributed by atoms with E-state index in [1.165, 1.54) is 12.8 Å². The third-order valence-corrected chi connectivity index (χ3v) is 3.40. The lowest BCUT2D eigenvalue weighted by atomic mass is 10.1. The summed E-state index contributed by atoms with van der Waals surface area (Å²) in [6.45, 7) is 4.40. The average Bonchev–Trinajstić information content (AvgIpc) is 2.54. The van der Waals surface area contributed by atoms with Gasteiger partial charge < -0.3 is 4.74 Å². The minimum atomic E-state index is 0.274. The van der Waals surface area contributed by atoms with E-state index in [9.17, 15) is 0 Å². The van der Waals surface area contributed by atoms with Gasteiger partial charge in [-0.1, -0.05) is 57.4 Å². The highest BCUT2D eigenvalue weighted by Gasteiger charge is 2.10. The number of unbranched alkanes of at least 4 members (excludes halogenated alkanes) is 1. The van der Waals surface area contributed by atoms with Gasteiger partial charge in [-0.05, 0) is 18.9 Å². The Labute approximate surface area is 127 Å². The molecule has 1 aromatic carbocycles. The van der Waals surface area contributed by atoms with Gasteiger partial charge in [0, 0.05) is 5.56 Å². The quantitative estimate of drug-likeness (QED) is 0.705. The molecule has 2 rings (SSSR count). The van der Waals surface area contributed by atoms with Crippen molar-refractivity contribution in [1.29, 1.82) is 0 Å². The van der Waals surface area contributed by atoms with Gasteiger partial charge in [-0.15, -0.1) is 0 Å². The van der Waals surface area contributed by atoms with E-state index in [-0.39, 0.29) is 6.10 Å². The Balaban J connectivity index is 2.01. The van der Waals surface area contributed by atoms with Crippen molar-refractivity contribution in [3.8, 4) is 17.1 Å². The van der Waals surface area contributed by atoms with Crippen LogP contribution in [0.5, 0.6) is 5.75 Å². The van der Waals surface area contributed by atoms with Crippen LogP contribution in [0.2, 0.25) is 0 Å². The number of benzene rings is 1. The summed E-state index contributed by atoms with van der Waals surface area (Å²) in [7, 11) is 0. The van der Waals surface area contributed by atoms with Crippen molar-refractivity contribution < 1.29 is 4.74 Å². The van der Waals surface area contributed by atoms with Crippen LogP contribution in [0.4, 0.5) is 0 Å². The van der Waals surface area contributed by atoms with E-state index in [0.717, 1.165) is 36.4 Å². The smallest absolute Gasteiger partial charge is 0.159 e. The minimum absolute atomic E-state index is 0.274. The molecule has 0 saturated heterocycles. The summed E-state index contributed by atoms with van der Waals surface area (Å²) in [5, 5.41) is 0. The van der Waals surface area contributed by atoms with Crippen molar-refractivity contribution in [1.82, 2.24) is 9.97 Å². The number of aromatic nitrogens is 2. The van der Waals surface area contributed by atoms with Gasteiger partial charge in [-0.3, -0.25) is 0 Å². The number of rotatable bonds is 8. The molecule has 0 bridgehead atoms. The Morgan fingerprint density at radius 3 is 2.38 bits per heavy atom. The van der Waals surface area contributed by atoms with Crippen LogP contribution in [0, 0.1) is 6.07 Å². The molecule has 3 heteroatoms. The highest BCUT2D eigenvalue weighted by Crippen LogP contribution is 2.19. The molecule has 0 fully saturated rings. The lowest BCUT2D eigenvalue weighted by Gasteiger charge is -2.18. The molecule has 1 heterocycles. The van der Waals surface area contributed by atoms with Crippen LogP contribution in [-0.2, 0) is 0 Å². The summed E-state index contributed by atoms with van der Waals surface area (Å²) in [5.41, 5.74) is 0.997. The summed E-state index contributed by atoms with van der Waals surface area (Å²) >= 11 is 0. The molecule has 1 aromatic heterocycles. The van der Waals surface area contributed by atoms with Gasteiger partial charge in [-0.25, -0.2) is 9.97 Å². The van der Waals surface area contributed by atoms with Gasteiger partial charge in [0.2, 0.25) is 0 Å². The van der Waals surface area contributed by atoms with Crippen LogP contribution in [0.15, 0.2) is 36.7 Å². The SMILES string of the molecule is CCCCC(CCC)Oc1cnc(-c2cc[c]cc2)nc1. The third-order valence-electron chi connectivity index (χ3n) is 3.40. The van der Waals surface area contributed by atoms with E-state index in [2.05, 4.69) is 29.9 Å². The number of nitrogens with zero attached hydrogens (tertiary/aromatic N) is 2. The number of hydrogen-bond donors (Lipinski definition) is 0. The van der Waals surface area contributed by atoms with E-state index in [1.54, 1.807) is 12.4 Å². The molecule has 1 atom stereocenters. The second-order valence-corrected chi connectivity index (χ2v) is 5.20. The summed E-state index contributed by atoms with van der Waals surface area (Å²) in [6.07, 6.45) is 9.52. The second kappa shape index (κ2) is 8.40. The third kappa shape index (κ3) is 4.85. The minimum Gasteiger partial charge on any atom is -0.487 e. The zero-order valence-electron chi connectivity index (χ0n) is 12.9. The second-order valence-electron chi connectivity index (χ2n) is 5.20. The number of ether oxygens (including phenoxy) is 1. The first-order valence-corrected chi connectivity index (χ1v) is 7.78. The van der Waals surface area contributed by atoms with E-state index in [1.807, 2.05) is 24.3 Å². The maximum Gasteiger partial charge on any atom is 0.159 e. The van der Waals surface area contributed by atoms with Crippen LogP contribution in [0.1, 0.15) is 46.0 Å². The van der Waals surface area contributed by atoms with Crippen molar-refractivity contribution in [2.75, 3.05) is 0 Å². The van der Waals surface area contributed by atoms with Crippen molar-refractivity contribution in [3.63, 3.8) is 0 Å². The highest BCUT2D eigenvalue weighted by molar-refractivity contribution is 5.54. The van der Waals surface area contributed by atoms with Crippen molar-refractivity contribution in [2.24, 2.45) is 0 Å². The molecule has 0 N–H and O–H groups in total. The molecule has 0 aliphatic carbocycles. The standard InChI is InChI=1S/C18H23N2O/c1-3-5-12-16(9-4-2)21-17-13-19-18(20-14-17)15-10-7-6-8-11-15/h7-8,10-11,13-14,16H,3-5,9,12H2,1-2H3. The molecule has 0 saturated carbocycles. The van der Waals surface area contributed by atoms with Gasteiger partial charge in [0.05, 0.1) is 18.5 Å². The first-order valence-electron chi connectivity index (χ1n) is 7.78. The van der Waals surface area contributed by atoms with Gasteiger partial charge in [-0.2, -0.15) is 0 Å². The lowest BCUT2D eigenvalue weighted by molar-refractivity contribution is 0.175.